The molecule has 0 aliphatic carbocycles. The van der Waals surface area contributed by atoms with Crippen LogP contribution in [0.15, 0.2) is 36.7 Å². The molecule has 1 aromatic heterocycles. The molecule has 0 fully saturated rings. The Hall–Kier alpha value is -1.67. The van der Waals surface area contributed by atoms with Gasteiger partial charge in [0.2, 0.25) is 0 Å². The van der Waals surface area contributed by atoms with E-state index in [0.717, 1.165) is 19.4 Å². The minimum atomic E-state index is 0.419. The van der Waals surface area contributed by atoms with Gasteiger partial charge in [0.05, 0.1) is 0 Å². The van der Waals surface area contributed by atoms with Crippen molar-refractivity contribution in [2.75, 3.05) is 6.54 Å². The van der Waals surface area contributed by atoms with Gasteiger partial charge in [0.1, 0.15) is 0 Å². The quantitative estimate of drug-likeness (QED) is 0.855. The van der Waals surface area contributed by atoms with Gasteiger partial charge in [0.15, 0.2) is 0 Å². The standard InChI is InChI=1S/C19H26N2/c1-5-21-19(7-6-17-8-10-20-11-9-17)18-13-15(3)14(2)12-16(18)4/h8-13,19,21H,5-7H2,1-4H3. The Labute approximate surface area is 128 Å². The first kappa shape index (κ1) is 15.7. The normalized spacial score (nSPS) is 12.4. The van der Waals surface area contributed by atoms with E-state index in [2.05, 4.69) is 62.3 Å². The number of aryl methyl sites for hydroxylation is 4. The van der Waals surface area contributed by atoms with E-state index in [1.54, 1.807) is 0 Å². The number of hydrogen-bond donors (Lipinski definition) is 1. The lowest BCUT2D eigenvalue weighted by Crippen LogP contribution is -2.22. The summed E-state index contributed by atoms with van der Waals surface area (Å²) in [6, 6.07) is 9.29. The average molecular weight is 282 g/mol. The Kier molecular flexibility index (Phi) is 5.51. The van der Waals surface area contributed by atoms with Crippen LogP contribution in [0.1, 0.15) is 47.2 Å². The van der Waals surface area contributed by atoms with E-state index in [9.17, 15) is 0 Å². The Balaban J connectivity index is 2.17. The van der Waals surface area contributed by atoms with E-state index in [0.29, 0.717) is 6.04 Å². The molecule has 0 bridgehead atoms. The molecule has 0 aliphatic rings. The summed E-state index contributed by atoms with van der Waals surface area (Å²) >= 11 is 0. The van der Waals surface area contributed by atoms with Crippen molar-refractivity contribution in [2.45, 2.75) is 46.6 Å². The van der Waals surface area contributed by atoms with E-state index in [1.165, 1.54) is 27.8 Å². The molecule has 2 nitrogen and oxygen atoms in total. The van der Waals surface area contributed by atoms with Crippen LogP contribution in [0.25, 0.3) is 0 Å². The zero-order chi connectivity index (χ0) is 15.2. The molecule has 0 amide bonds. The first-order valence-electron chi connectivity index (χ1n) is 7.81. The summed E-state index contributed by atoms with van der Waals surface area (Å²) in [6.07, 6.45) is 5.94. The van der Waals surface area contributed by atoms with Gasteiger partial charge in [-0.2, -0.15) is 0 Å². The van der Waals surface area contributed by atoms with Gasteiger partial charge in [-0.05, 0) is 80.1 Å². The van der Waals surface area contributed by atoms with Gasteiger partial charge in [-0.25, -0.2) is 0 Å². The smallest absolute Gasteiger partial charge is 0.0326 e. The molecule has 1 heterocycles. The lowest BCUT2D eigenvalue weighted by molar-refractivity contribution is 0.513. The highest BCUT2D eigenvalue weighted by atomic mass is 14.9. The summed E-state index contributed by atoms with van der Waals surface area (Å²) in [5.41, 5.74) is 6.94. The second kappa shape index (κ2) is 7.37. The predicted octanol–water partition coefficient (Wildman–Crippen LogP) is 4.29. The first-order valence-corrected chi connectivity index (χ1v) is 7.81. The maximum Gasteiger partial charge on any atom is 0.0326 e. The van der Waals surface area contributed by atoms with E-state index in [4.69, 9.17) is 0 Å². The Bertz CT molecular complexity index is 576. The van der Waals surface area contributed by atoms with Gasteiger partial charge in [-0.3, -0.25) is 4.98 Å². The molecule has 1 N–H and O–H groups in total. The van der Waals surface area contributed by atoms with E-state index >= 15 is 0 Å². The highest BCUT2D eigenvalue weighted by molar-refractivity contribution is 5.38. The highest BCUT2D eigenvalue weighted by Gasteiger charge is 2.14. The minimum absolute atomic E-state index is 0.419. The molecule has 0 saturated carbocycles. The molecule has 1 atom stereocenters. The summed E-state index contributed by atoms with van der Waals surface area (Å²) in [4.78, 5) is 4.09. The van der Waals surface area contributed by atoms with E-state index in [-0.39, 0.29) is 0 Å². The van der Waals surface area contributed by atoms with Crippen LogP contribution < -0.4 is 5.32 Å². The van der Waals surface area contributed by atoms with Gasteiger partial charge in [-0.15, -0.1) is 0 Å². The fourth-order valence-electron chi connectivity index (χ4n) is 2.83. The van der Waals surface area contributed by atoms with E-state index in [1.807, 2.05) is 12.4 Å². The molecule has 0 spiro atoms. The van der Waals surface area contributed by atoms with Crippen molar-refractivity contribution in [2.24, 2.45) is 0 Å². The zero-order valence-corrected chi connectivity index (χ0v) is 13.6. The lowest BCUT2D eigenvalue weighted by Gasteiger charge is -2.22. The SMILES string of the molecule is CCNC(CCc1ccncc1)c1cc(C)c(C)cc1C. The van der Waals surface area contributed by atoms with E-state index < -0.39 is 0 Å². The maximum absolute atomic E-state index is 4.09. The zero-order valence-electron chi connectivity index (χ0n) is 13.6. The second-order valence-corrected chi connectivity index (χ2v) is 5.80. The number of nitrogens with zero attached hydrogens (tertiary/aromatic N) is 1. The third-order valence-electron chi connectivity index (χ3n) is 4.18. The fourth-order valence-corrected chi connectivity index (χ4v) is 2.83. The Morgan fingerprint density at radius 1 is 1.00 bits per heavy atom. The maximum atomic E-state index is 4.09. The minimum Gasteiger partial charge on any atom is -0.310 e. The molecule has 2 rings (SSSR count). The van der Waals surface area contributed by atoms with Crippen molar-refractivity contribution >= 4 is 0 Å². The van der Waals surface area contributed by atoms with Crippen LogP contribution >= 0.6 is 0 Å². The lowest BCUT2D eigenvalue weighted by atomic mass is 9.92. The van der Waals surface area contributed by atoms with Gasteiger partial charge in [0.25, 0.3) is 0 Å². The monoisotopic (exact) mass is 282 g/mol. The van der Waals surface area contributed by atoms with Gasteiger partial charge >= 0.3 is 0 Å². The Morgan fingerprint density at radius 3 is 2.33 bits per heavy atom. The summed E-state index contributed by atoms with van der Waals surface area (Å²) < 4.78 is 0. The molecule has 0 radical (unpaired) electrons. The first-order chi connectivity index (χ1) is 10.1. The topological polar surface area (TPSA) is 24.9 Å². The van der Waals surface area contributed by atoms with Crippen LogP contribution in [0.4, 0.5) is 0 Å². The van der Waals surface area contributed by atoms with Gasteiger partial charge in [-0.1, -0.05) is 19.1 Å². The molecule has 0 aliphatic heterocycles. The summed E-state index contributed by atoms with van der Waals surface area (Å²) in [6.45, 7) is 9.78. The summed E-state index contributed by atoms with van der Waals surface area (Å²) in [7, 11) is 0. The largest absolute Gasteiger partial charge is 0.310 e. The van der Waals surface area contributed by atoms with Crippen molar-refractivity contribution in [1.82, 2.24) is 10.3 Å². The molecule has 0 saturated heterocycles. The number of nitrogens with one attached hydrogen (secondary N) is 1. The second-order valence-electron chi connectivity index (χ2n) is 5.80. The van der Waals surface area contributed by atoms with Crippen LogP contribution in [0, 0.1) is 20.8 Å². The fraction of sp³-hybridized carbons (Fsp3) is 0.421. The van der Waals surface area contributed by atoms with Crippen LogP contribution in [0.2, 0.25) is 0 Å². The summed E-state index contributed by atoms with van der Waals surface area (Å²) in [5.74, 6) is 0. The molecule has 1 unspecified atom stereocenters. The van der Waals surface area contributed by atoms with Gasteiger partial charge < -0.3 is 5.32 Å². The molecule has 1 aromatic carbocycles. The van der Waals surface area contributed by atoms with Crippen molar-refractivity contribution in [3.8, 4) is 0 Å². The van der Waals surface area contributed by atoms with Crippen LogP contribution in [0.3, 0.4) is 0 Å². The van der Waals surface area contributed by atoms with Crippen LogP contribution in [-0.2, 0) is 6.42 Å². The highest BCUT2D eigenvalue weighted by Crippen LogP contribution is 2.25. The van der Waals surface area contributed by atoms with Crippen LogP contribution in [0.5, 0.6) is 0 Å². The van der Waals surface area contributed by atoms with Gasteiger partial charge in [0, 0.05) is 18.4 Å². The predicted molar refractivity (Wildman–Crippen MR) is 89.6 cm³/mol. The number of pyridine rings is 1. The molecule has 2 aromatic rings. The average Bonchev–Trinajstić information content (AvgIpc) is 2.48. The third kappa shape index (κ3) is 4.15. The van der Waals surface area contributed by atoms with Crippen molar-refractivity contribution < 1.29 is 0 Å². The molecule has 2 heteroatoms. The molecule has 21 heavy (non-hydrogen) atoms. The van der Waals surface area contributed by atoms with Crippen LogP contribution in [-0.4, -0.2) is 11.5 Å². The molecular formula is C19H26N2. The summed E-state index contributed by atoms with van der Waals surface area (Å²) in [5, 5.41) is 3.64. The number of aromatic nitrogens is 1. The Morgan fingerprint density at radius 2 is 1.67 bits per heavy atom. The van der Waals surface area contributed by atoms with Crippen molar-refractivity contribution in [3.63, 3.8) is 0 Å². The molecule has 112 valence electrons. The number of benzene rings is 1. The number of rotatable bonds is 6. The molecular weight excluding hydrogens is 256 g/mol. The van der Waals surface area contributed by atoms with Crippen molar-refractivity contribution in [1.29, 1.82) is 0 Å². The third-order valence-corrected chi connectivity index (χ3v) is 4.18. The number of hydrogen-bond acceptors (Lipinski definition) is 2. The van der Waals surface area contributed by atoms with Crippen molar-refractivity contribution in [3.05, 3.63) is 64.5 Å².